The van der Waals surface area contributed by atoms with E-state index in [1.54, 1.807) is 6.07 Å². The first kappa shape index (κ1) is 17.2. The number of amides is 1. The van der Waals surface area contributed by atoms with Crippen molar-refractivity contribution < 1.29 is 23.2 Å². The molecule has 1 N–H and O–H groups in total. The molecule has 0 aromatic heterocycles. The number of benzene rings is 1. The zero-order valence-corrected chi connectivity index (χ0v) is 14.7. The molecule has 24 heavy (non-hydrogen) atoms. The van der Waals surface area contributed by atoms with E-state index in [2.05, 4.69) is 5.32 Å². The molecule has 1 aromatic rings. The van der Waals surface area contributed by atoms with Gasteiger partial charge in [0, 0.05) is 6.04 Å². The number of carbonyl (C=O) groups excluding carboxylic acids is 1. The normalized spacial score (nSPS) is 21.7. The third-order valence-electron chi connectivity index (χ3n) is 4.96. The van der Waals surface area contributed by atoms with Crippen LogP contribution in [0.2, 0.25) is 0 Å². The van der Waals surface area contributed by atoms with Crippen LogP contribution in [0.5, 0.6) is 5.75 Å². The number of hydrogen-bond acceptors (Lipinski definition) is 4. The molecule has 1 saturated carbocycles. The molecule has 0 unspecified atom stereocenters. The fourth-order valence-corrected chi connectivity index (χ4v) is 2.58. The maximum Gasteiger partial charge on any atom is 0.495 e. The molecular weight excluding hydrogens is 312 g/mol. The van der Waals surface area contributed by atoms with E-state index in [1.807, 2.05) is 27.7 Å². The van der Waals surface area contributed by atoms with Crippen molar-refractivity contribution in [2.75, 3.05) is 7.11 Å². The molecule has 1 heterocycles. The second-order valence-corrected chi connectivity index (χ2v) is 7.42. The van der Waals surface area contributed by atoms with Gasteiger partial charge in [0.05, 0.1) is 18.3 Å². The van der Waals surface area contributed by atoms with E-state index >= 15 is 0 Å². The van der Waals surface area contributed by atoms with Gasteiger partial charge in [0.1, 0.15) is 17.1 Å². The Morgan fingerprint density at radius 3 is 2.33 bits per heavy atom. The van der Waals surface area contributed by atoms with Gasteiger partial charge in [0.15, 0.2) is 0 Å². The van der Waals surface area contributed by atoms with E-state index in [4.69, 9.17) is 14.0 Å². The molecule has 0 radical (unpaired) electrons. The van der Waals surface area contributed by atoms with Gasteiger partial charge in [-0.1, -0.05) is 0 Å². The number of halogens is 1. The highest BCUT2D eigenvalue weighted by Crippen LogP contribution is 2.37. The fraction of sp³-hybridized carbons (Fsp3) is 0.588. The highest BCUT2D eigenvalue weighted by molar-refractivity contribution is 6.62. The second-order valence-electron chi connectivity index (χ2n) is 7.42. The van der Waals surface area contributed by atoms with Gasteiger partial charge < -0.3 is 19.4 Å². The van der Waals surface area contributed by atoms with Crippen LogP contribution in [0, 0.1) is 5.82 Å². The average molecular weight is 335 g/mol. The Hall–Kier alpha value is -1.60. The molecule has 1 saturated heterocycles. The van der Waals surface area contributed by atoms with Crippen molar-refractivity contribution in [3.05, 3.63) is 23.5 Å². The zero-order valence-electron chi connectivity index (χ0n) is 14.7. The maximum atomic E-state index is 14.6. The molecular formula is C17H23BFNO4. The lowest BCUT2D eigenvalue weighted by molar-refractivity contribution is 0.00578. The largest absolute Gasteiger partial charge is 0.496 e. The maximum absolute atomic E-state index is 14.6. The van der Waals surface area contributed by atoms with Gasteiger partial charge >= 0.3 is 7.12 Å². The molecule has 0 bridgehead atoms. The summed E-state index contributed by atoms with van der Waals surface area (Å²) >= 11 is 0. The van der Waals surface area contributed by atoms with Gasteiger partial charge in [-0.2, -0.15) is 0 Å². The highest BCUT2D eigenvalue weighted by atomic mass is 19.1. The van der Waals surface area contributed by atoms with Crippen LogP contribution in [-0.4, -0.2) is 37.4 Å². The molecule has 2 fully saturated rings. The van der Waals surface area contributed by atoms with Crippen molar-refractivity contribution in [3.63, 3.8) is 0 Å². The molecule has 3 rings (SSSR count). The summed E-state index contributed by atoms with van der Waals surface area (Å²) in [5, 5.41) is 2.78. The summed E-state index contributed by atoms with van der Waals surface area (Å²) in [6, 6.07) is 3.03. The molecule has 5 nitrogen and oxygen atoms in total. The summed E-state index contributed by atoms with van der Waals surface area (Å²) in [6.07, 6.45) is 1.86. The number of ether oxygens (including phenoxy) is 1. The van der Waals surface area contributed by atoms with Crippen LogP contribution in [0.15, 0.2) is 12.1 Å². The van der Waals surface area contributed by atoms with Crippen molar-refractivity contribution in [2.45, 2.75) is 57.8 Å². The molecule has 1 aromatic carbocycles. The highest BCUT2D eigenvalue weighted by Gasteiger charge is 2.52. The smallest absolute Gasteiger partial charge is 0.495 e. The van der Waals surface area contributed by atoms with Gasteiger partial charge in [-0.15, -0.1) is 0 Å². The Morgan fingerprint density at radius 2 is 1.83 bits per heavy atom. The minimum atomic E-state index is -0.709. The van der Waals surface area contributed by atoms with Gasteiger partial charge in [0.2, 0.25) is 0 Å². The molecule has 1 aliphatic carbocycles. The lowest BCUT2D eigenvalue weighted by Crippen LogP contribution is -2.41. The Morgan fingerprint density at radius 1 is 1.25 bits per heavy atom. The van der Waals surface area contributed by atoms with Gasteiger partial charge in [-0.25, -0.2) is 4.39 Å². The van der Waals surface area contributed by atoms with Crippen LogP contribution in [-0.2, 0) is 9.31 Å². The van der Waals surface area contributed by atoms with Crippen molar-refractivity contribution in [2.24, 2.45) is 0 Å². The summed E-state index contributed by atoms with van der Waals surface area (Å²) in [4.78, 5) is 12.2. The summed E-state index contributed by atoms with van der Waals surface area (Å²) in [5.74, 6) is -0.914. The zero-order chi connectivity index (χ0) is 17.7. The van der Waals surface area contributed by atoms with Gasteiger partial charge in [0.25, 0.3) is 5.91 Å². The minimum Gasteiger partial charge on any atom is -0.496 e. The molecule has 1 aliphatic heterocycles. The second kappa shape index (κ2) is 5.74. The van der Waals surface area contributed by atoms with Crippen molar-refractivity contribution >= 4 is 18.5 Å². The predicted octanol–water partition coefficient (Wildman–Crippen LogP) is 2.03. The average Bonchev–Trinajstić information content (AvgIpc) is 3.24. The van der Waals surface area contributed by atoms with Crippen LogP contribution in [0.25, 0.3) is 0 Å². The molecule has 2 aliphatic rings. The number of hydrogen-bond donors (Lipinski definition) is 1. The molecule has 130 valence electrons. The van der Waals surface area contributed by atoms with Crippen LogP contribution >= 0.6 is 0 Å². The first-order valence-electron chi connectivity index (χ1n) is 8.18. The van der Waals surface area contributed by atoms with E-state index in [0.717, 1.165) is 12.8 Å². The molecule has 1 amide bonds. The molecule has 0 spiro atoms. The quantitative estimate of drug-likeness (QED) is 0.856. The van der Waals surface area contributed by atoms with E-state index in [1.165, 1.54) is 13.2 Å². The van der Waals surface area contributed by atoms with Crippen LogP contribution in [0.1, 0.15) is 50.9 Å². The monoisotopic (exact) mass is 335 g/mol. The Labute approximate surface area is 142 Å². The van der Waals surface area contributed by atoms with Crippen molar-refractivity contribution in [3.8, 4) is 5.75 Å². The van der Waals surface area contributed by atoms with Crippen molar-refractivity contribution in [1.82, 2.24) is 5.32 Å². The van der Waals surface area contributed by atoms with Gasteiger partial charge in [-0.05, 0) is 58.1 Å². The summed E-state index contributed by atoms with van der Waals surface area (Å²) in [6.45, 7) is 7.71. The fourth-order valence-electron chi connectivity index (χ4n) is 2.58. The Kier molecular flexibility index (Phi) is 4.12. The van der Waals surface area contributed by atoms with Crippen molar-refractivity contribution in [1.29, 1.82) is 0 Å². The van der Waals surface area contributed by atoms with Gasteiger partial charge in [-0.3, -0.25) is 4.79 Å². The number of methoxy groups -OCH3 is 1. The third-order valence-corrected chi connectivity index (χ3v) is 4.96. The lowest BCUT2D eigenvalue weighted by Gasteiger charge is -2.32. The van der Waals surface area contributed by atoms with Crippen LogP contribution in [0.3, 0.4) is 0 Å². The van der Waals surface area contributed by atoms with E-state index in [0.29, 0.717) is 5.46 Å². The molecule has 7 heteroatoms. The number of rotatable bonds is 4. The topological polar surface area (TPSA) is 56.8 Å². The van der Waals surface area contributed by atoms with E-state index < -0.39 is 30.0 Å². The van der Waals surface area contributed by atoms with E-state index in [9.17, 15) is 9.18 Å². The number of carbonyl (C=O) groups is 1. The van der Waals surface area contributed by atoms with Crippen LogP contribution in [0.4, 0.5) is 4.39 Å². The SMILES string of the molecule is COc1cc(B2OC(C)(C)C(C)(C)O2)cc(F)c1C(=O)NC1CC1. The summed E-state index contributed by atoms with van der Waals surface area (Å²) in [7, 11) is 0.704. The minimum absolute atomic E-state index is 0.0790. The lowest BCUT2D eigenvalue weighted by atomic mass is 9.78. The summed E-state index contributed by atoms with van der Waals surface area (Å²) in [5.41, 5.74) is -0.636. The number of nitrogens with one attached hydrogen (secondary N) is 1. The predicted molar refractivity (Wildman–Crippen MR) is 89.2 cm³/mol. The Bertz CT molecular complexity index is 657. The summed E-state index contributed by atoms with van der Waals surface area (Å²) < 4.78 is 31.7. The Balaban J connectivity index is 1.91. The first-order valence-corrected chi connectivity index (χ1v) is 8.18. The first-order chi connectivity index (χ1) is 11.1. The molecule has 0 atom stereocenters. The van der Waals surface area contributed by atoms with E-state index in [-0.39, 0.29) is 17.4 Å². The standard InChI is InChI=1S/C17H23BFNO4/c1-16(2)17(3,4)24-18(23-16)10-8-12(19)14(13(9-10)22-5)15(21)20-11-6-7-11/h8-9,11H,6-7H2,1-5H3,(H,20,21). The third kappa shape index (κ3) is 3.02. The van der Waals surface area contributed by atoms with Crippen LogP contribution < -0.4 is 15.5 Å².